The van der Waals surface area contributed by atoms with E-state index in [1.807, 2.05) is 6.07 Å². The van der Waals surface area contributed by atoms with Crippen molar-refractivity contribution in [3.05, 3.63) is 89.1 Å². The number of methoxy groups -OCH3 is 1. The minimum absolute atomic E-state index is 0.0339. The number of aromatic nitrogens is 1. The molecule has 1 aliphatic heterocycles. The molecule has 3 aromatic rings. The first-order chi connectivity index (χ1) is 15.7. The molecule has 0 saturated carbocycles. The van der Waals surface area contributed by atoms with E-state index in [2.05, 4.69) is 25.8 Å². The molecule has 1 unspecified atom stereocenters. The van der Waals surface area contributed by atoms with Gasteiger partial charge < -0.3 is 19.2 Å². The molecule has 3 heterocycles. The second kappa shape index (κ2) is 8.58. The Morgan fingerprint density at radius 2 is 1.88 bits per heavy atom. The van der Waals surface area contributed by atoms with Gasteiger partial charge in [-0.05, 0) is 52.9 Å². The van der Waals surface area contributed by atoms with Crippen LogP contribution >= 0.6 is 0 Å². The first-order valence-electron chi connectivity index (χ1n) is 10.6. The molecule has 0 bridgehead atoms. The molecule has 1 aromatic carbocycles. The molecule has 33 heavy (non-hydrogen) atoms. The lowest BCUT2D eigenvalue weighted by Gasteiger charge is -2.24. The van der Waals surface area contributed by atoms with E-state index >= 15 is 0 Å². The maximum atomic E-state index is 13.2. The first-order valence-corrected chi connectivity index (χ1v) is 10.6. The van der Waals surface area contributed by atoms with Gasteiger partial charge >= 0.3 is 0 Å². The van der Waals surface area contributed by atoms with Crippen LogP contribution in [0, 0.1) is 0 Å². The summed E-state index contributed by atoms with van der Waals surface area (Å²) in [5.74, 6) is -0.989. The summed E-state index contributed by atoms with van der Waals surface area (Å²) in [7, 11) is 1.49. The van der Waals surface area contributed by atoms with Gasteiger partial charge in [-0.1, -0.05) is 26.8 Å². The Hall–Kier alpha value is -3.87. The number of likely N-dealkylation sites (tertiary alicyclic amines) is 1. The van der Waals surface area contributed by atoms with Crippen molar-refractivity contribution in [2.75, 3.05) is 7.11 Å². The second-order valence-electron chi connectivity index (χ2n) is 8.96. The quantitative estimate of drug-likeness (QED) is 0.350. The van der Waals surface area contributed by atoms with Gasteiger partial charge in [0.1, 0.15) is 23.3 Å². The molecule has 2 aromatic heterocycles. The van der Waals surface area contributed by atoms with Crippen molar-refractivity contribution >= 4 is 17.4 Å². The summed E-state index contributed by atoms with van der Waals surface area (Å²) in [6.07, 6.45) is 4.72. The molecule has 170 valence electrons. The molecule has 1 N–H and O–H groups in total. The number of aliphatic hydroxyl groups excluding tert-OH is 1. The number of Topliss-reactive ketones (excluding diaryl/α,β-unsaturated/α-hetero) is 1. The predicted octanol–water partition coefficient (Wildman–Crippen LogP) is 4.60. The lowest BCUT2D eigenvalue weighted by atomic mass is 9.85. The van der Waals surface area contributed by atoms with Gasteiger partial charge in [-0.15, -0.1) is 0 Å². The highest BCUT2D eigenvalue weighted by Gasteiger charge is 2.47. The van der Waals surface area contributed by atoms with Crippen LogP contribution in [0.2, 0.25) is 0 Å². The summed E-state index contributed by atoms with van der Waals surface area (Å²) in [5, 5.41) is 11.4. The third-order valence-corrected chi connectivity index (χ3v) is 5.78. The molecule has 0 aliphatic carbocycles. The Morgan fingerprint density at radius 1 is 1.15 bits per heavy atom. The Morgan fingerprint density at radius 3 is 2.48 bits per heavy atom. The van der Waals surface area contributed by atoms with E-state index in [0.29, 0.717) is 17.1 Å². The molecule has 1 aliphatic rings. The third kappa shape index (κ3) is 4.14. The normalized spacial score (nSPS) is 18.1. The van der Waals surface area contributed by atoms with Gasteiger partial charge in [-0.2, -0.15) is 0 Å². The number of amides is 1. The first kappa shape index (κ1) is 22.3. The Bertz CT molecular complexity index is 1210. The van der Waals surface area contributed by atoms with E-state index in [9.17, 15) is 14.7 Å². The van der Waals surface area contributed by atoms with Crippen molar-refractivity contribution in [2.24, 2.45) is 0 Å². The van der Waals surface area contributed by atoms with Gasteiger partial charge in [-0.3, -0.25) is 14.6 Å². The molecule has 1 amide bonds. The number of hydrogen-bond acceptors (Lipinski definition) is 6. The minimum Gasteiger partial charge on any atom is -0.507 e. The zero-order valence-electron chi connectivity index (χ0n) is 19.0. The highest BCUT2D eigenvalue weighted by atomic mass is 16.5. The fraction of sp³-hybridized carbons (Fsp3) is 0.269. The fourth-order valence-electron chi connectivity index (χ4n) is 3.98. The molecule has 1 atom stereocenters. The standard InChI is InChI=1S/C26H26N2O5/c1-26(2,3)17-7-8-19(32-4)18(14-17)23(29)21-22(20-6-5-13-33-20)28(25(31)24(21)30)15-16-9-11-27-12-10-16/h5-14,22,29H,15H2,1-4H3/b23-21+. The Balaban J connectivity index is 1.89. The van der Waals surface area contributed by atoms with Crippen molar-refractivity contribution in [1.82, 2.24) is 9.88 Å². The molecular formula is C26H26N2O5. The monoisotopic (exact) mass is 446 g/mol. The highest BCUT2D eigenvalue weighted by molar-refractivity contribution is 6.46. The molecule has 7 nitrogen and oxygen atoms in total. The molecule has 0 spiro atoms. The number of carbonyl (C=O) groups excluding carboxylic acids is 2. The number of nitrogens with zero attached hydrogens (tertiary/aromatic N) is 2. The molecule has 4 rings (SSSR count). The fourth-order valence-corrected chi connectivity index (χ4v) is 3.98. The minimum atomic E-state index is -0.879. The summed E-state index contributed by atoms with van der Waals surface area (Å²) < 4.78 is 11.1. The van der Waals surface area contributed by atoms with Gasteiger partial charge in [0.15, 0.2) is 0 Å². The van der Waals surface area contributed by atoms with Crippen LogP contribution in [-0.2, 0) is 21.5 Å². The zero-order valence-corrected chi connectivity index (χ0v) is 19.0. The molecule has 1 fully saturated rings. The van der Waals surface area contributed by atoms with E-state index in [-0.39, 0.29) is 23.3 Å². The number of hydrogen-bond donors (Lipinski definition) is 1. The summed E-state index contributed by atoms with van der Waals surface area (Å²) >= 11 is 0. The van der Waals surface area contributed by atoms with Crippen molar-refractivity contribution in [1.29, 1.82) is 0 Å². The van der Waals surface area contributed by atoms with Crippen molar-refractivity contribution < 1.29 is 23.8 Å². The van der Waals surface area contributed by atoms with Crippen LogP contribution in [0.4, 0.5) is 0 Å². The lowest BCUT2D eigenvalue weighted by molar-refractivity contribution is -0.140. The SMILES string of the molecule is COc1ccc(C(C)(C)C)cc1/C(O)=C1\C(=O)C(=O)N(Cc2ccncc2)C1c1ccco1. The predicted molar refractivity (Wildman–Crippen MR) is 122 cm³/mol. The van der Waals surface area contributed by atoms with Crippen LogP contribution in [0.25, 0.3) is 5.76 Å². The number of rotatable bonds is 5. The summed E-state index contributed by atoms with van der Waals surface area (Å²) in [4.78, 5) is 31.7. The number of benzene rings is 1. The second-order valence-corrected chi connectivity index (χ2v) is 8.96. The molecule has 0 radical (unpaired) electrons. The van der Waals surface area contributed by atoms with E-state index in [1.165, 1.54) is 18.3 Å². The largest absolute Gasteiger partial charge is 0.507 e. The van der Waals surface area contributed by atoms with E-state index in [4.69, 9.17) is 9.15 Å². The maximum Gasteiger partial charge on any atom is 0.296 e. The molecule has 1 saturated heterocycles. The van der Waals surface area contributed by atoms with Gasteiger partial charge in [0, 0.05) is 18.9 Å². The smallest absolute Gasteiger partial charge is 0.296 e. The zero-order chi connectivity index (χ0) is 23.8. The summed E-state index contributed by atoms with van der Waals surface area (Å²) in [6, 6.07) is 11.5. The topological polar surface area (TPSA) is 92.9 Å². The van der Waals surface area contributed by atoms with E-state index in [0.717, 1.165) is 11.1 Å². The van der Waals surface area contributed by atoms with Gasteiger partial charge in [0.2, 0.25) is 0 Å². The number of ether oxygens (including phenoxy) is 1. The van der Waals surface area contributed by atoms with Crippen LogP contribution in [0.5, 0.6) is 5.75 Å². The average molecular weight is 447 g/mol. The molecule has 7 heteroatoms. The van der Waals surface area contributed by atoms with E-state index in [1.54, 1.807) is 48.8 Å². The highest BCUT2D eigenvalue weighted by Crippen LogP contribution is 2.42. The Labute approximate surface area is 192 Å². The van der Waals surface area contributed by atoms with Crippen LogP contribution in [0.1, 0.15) is 49.3 Å². The van der Waals surface area contributed by atoms with Gasteiger partial charge in [-0.25, -0.2) is 0 Å². The Kier molecular flexibility index (Phi) is 5.80. The van der Waals surface area contributed by atoms with Crippen LogP contribution in [-0.4, -0.2) is 33.8 Å². The van der Waals surface area contributed by atoms with Crippen molar-refractivity contribution in [3.8, 4) is 5.75 Å². The van der Waals surface area contributed by atoms with Gasteiger partial charge in [0.25, 0.3) is 11.7 Å². The number of carbonyl (C=O) groups is 2. The van der Waals surface area contributed by atoms with E-state index < -0.39 is 17.7 Å². The van der Waals surface area contributed by atoms with Crippen molar-refractivity contribution in [2.45, 2.75) is 38.8 Å². The van der Waals surface area contributed by atoms with Crippen LogP contribution in [0.3, 0.4) is 0 Å². The number of ketones is 1. The number of aliphatic hydroxyl groups is 1. The summed E-state index contributed by atoms with van der Waals surface area (Å²) in [6.45, 7) is 6.31. The number of pyridine rings is 1. The molecular weight excluding hydrogens is 420 g/mol. The lowest BCUT2D eigenvalue weighted by Crippen LogP contribution is -2.29. The third-order valence-electron chi connectivity index (χ3n) is 5.78. The summed E-state index contributed by atoms with van der Waals surface area (Å²) in [5.41, 5.74) is 1.87. The van der Waals surface area contributed by atoms with Crippen LogP contribution in [0.15, 0.2) is 71.1 Å². The van der Waals surface area contributed by atoms with Crippen LogP contribution < -0.4 is 4.74 Å². The maximum absolute atomic E-state index is 13.2. The van der Waals surface area contributed by atoms with Crippen molar-refractivity contribution in [3.63, 3.8) is 0 Å². The average Bonchev–Trinajstić information content (AvgIpc) is 3.41. The number of furan rings is 1. The van der Waals surface area contributed by atoms with Gasteiger partial charge in [0.05, 0.1) is 24.5 Å².